The van der Waals surface area contributed by atoms with Crippen LogP contribution < -0.4 is 5.48 Å². The van der Waals surface area contributed by atoms with Crippen LogP contribution in [0, 0.1) is 29.1 Å². The molecule has 6 unspecified atom stereocenters. The van der Waals surface area contributed by atoms with E-state index in [1.807, 2.05) is 31.0 Å². The third kappa shape index (κ3) is 9.84. The number of ether oxygens (including phenoxy) is 1. The molecule has 268 valence electrons. The Hall–Kier alpha value is -4.44. The van der Waals surface area contributed by atoms with E-state index in [4.69, 9.17) is 14.8 Å². The quantitative estimate of drug-likeness (QED) is 0.108. The van der Waals surface area contributed by atoms with Crippen LogP contribution in [-0.2, 0) is 14.4 Å². The Morgan fingerprint density at radius 3 is 2.72 bits per heavy atom. The molecule has 9 nitrogen and oxygen atoms in total. The largest absolute Gasteiger partial charge is 0.481 e. The van der Waals surface area contributed by atoms with Crippen LogP contribution in [0.1, 0.15) is 40.5 Å². The number of aliphatic imine (C=N–C) groups is 1. The fourth-order valence-corrected chi connectivity index (χ4v) is 5.91. The molecule has 4 aliphatic rings. The van der Waals surface area contributed by atoms with Crippen molar-refractivity contribution < 1.29 is 32.6 Å². The number of hydrogen-bond acceptors (Lipinski definition) is 8. The second kappa shape index (κ2) is 18.0. The molecule has 0 aromatic carbocycles. The molecule has 1 saturated heterocycles. The molecule has 0 saturated carbocycles. The van der Waals surface area contributed by atoms with Gasteiger partial charge in [-0.3, -0.25) is 14.6 Å². The number of alkyl halides is 1. The minimum atomic E-state index is -1.36. The van der Waals surface area contributed by atoms with E-state index in [9.17, 15) is 18.7 Å². The van der Waals surface area contributed by atoms with Crippen molar-refractivity contribution in [2.24, 2.45) is 22.7 Å². The number of likely N-dealkylation sites (N-methyl/N-ethyl adjacent to an activating group) is 1. The average Bonchev–Trinajstić information content (AvgIpc) is 3.15. The fraction of sp³-hybridized carbons (Fsp3) is 0.447. The van der Waals surface area contributed by atoms with Crippen molar-refractivity contribution in [3.8, 4) is 6.07 Å². The Labute approximate surface area is 292 Å². The topological polar surface area (TPSA) is 110 Å². The Kier molecular flexibility index (Phi) is 13.8. The lowest BCUT2D eigenvalue weighted by atomic mass is 9.95. The van der Waals surface area contributed by atoms with Crippen molar-refractivity contribution in [1.82, 2.24) is 15.3 Å². The molecule has 50 heavy (non-hydrogen) atoms. The maximum absolute atomic E-state index is 16.1. The number of carboxylic acids is 1. The van der Waals surface area contributed by atoms with Gasteiger partial charge in [0.25, 0.3) is 0 Å². The SMILES string of the molecule is C\C=C/C(=N\C(CONCC1C=CC(C#N)=CC1F)=C(/C)F)C1C=CC=C(CC2N(C)C(/C=C\C(C)C(=O)O)=C(C)N2CC2CCO2)C(F)=C1. The molecule has 1 fully saturated rings. The van der Waals surface area contributed by atoms with E-state index in [1.54, 1.807) is 62.5 Å². The van der Waals surface area contributed by atoms with E-state index in [2.05, 4.69) is 15.4 Å². The first-order valence-corrected chi connectivity index (χ1v) is 16.8. The highest BCUT2D eigenvalue weighted by Gasteiger charge is 2.36. The number of nitriles is 1. The summed E-state index contributed by atoms with van der Waals surface area (Å²) in [6.45, 7) is 7.81. The number of halogens is 3. The van der Waals surface area contributed by atoms with Crippen LogP contribution in [0.5, 0.6) is 0 Å². The lowest BCUT2D eigenvalue weighted by molar-refractivity contribution is -0.139. The summed E-state index contributed by atoms with van der Waals surface area (Å²) in [5.74, 6) is -3.75. The first kappa shape index (κ1) is 38.4. The Balaban J connectivity index is 1.47. The van der Waals surface area contributed by atoms with Crippen molar-refractivity contribution in [3.05, 3.63) is 107 Å². The summed E-state index contributed by atoms with van der Waals surface area (Å²) in [6.07, 6.45) is 17.8. The number of nitrogens with one attached hydrogen (secondary N) is 1. The van der Waals surface area contributed by atoms with Gasteiger partial charge in [-0.05, 0) is 70.1 Å². The second-order valence-corrected chi connectivity index (χ2v) is 12.7. The monoisotopic (exact) mass is 693 g/mol. The number of allylic oxidation sites excluding steroid dienone is 13. The van der Waals surface area contributed by atoms with Gasteiger partial charge < -0.3 is 19.6 Å². The van der Waals surface area contributed by atoms with Gasteiger partial charge in [0.05, 0.1) is 40.8 Å². The van der Waals surface area contributed by atoms with Crippen LogP contribution in [0.15, 0.2) is 112 Å². The molecule has 0 aromatic heterocycles. The van der Waals surface area contributed by atoms with Gasteiger partial charge in [0.1, 0.15) is 30.6 Å². The lowest BCUT2D eigenvalue weighted by Crippen LogP contribution is -2.45. The Bertz CT molecular complexity index is 1620. The molecule has 6 atom stereocenters. The average molecular weight is 694 g/mol. The number of aliphatic carboxylic acids is 1. The zero-order chi connectivity index (χ0) is 36.4. The van der Waals surface area contributed by atoms with Crippen molar-refractivity contribution in [1.29, 1.82) is 5.26 Å². The highest BCUT2D eigenvalue weighted by Crippen LogP contribution is 2.36. The lowest BCUT2D eigenvalue weighted by Gasteiger charge is -2.37. The second-order valence-electron chi connectivity index (χ2n) is 12.7. The third-order valence-electron chi connectivity index (χ3n) is 9.14. The number of rotatable bonds is 15. The molecule has 4 rings (SSSR count). The molecule has 2 aliphatic carbocycles. The minimum Gasteiger partial charge on any atom is -0.481 e. The number of carbonyl (C=O) groups is 1. The summed E-state index contributed by atoms with van der Waals surface area (Å²) >= 11 is 0. The van der Waals surface area contributed by atoms with Gasteiger partial charge in [-0.15, -0.1) is 0 Å². The summed E-state index contributed by atoms with van der Waals surface area (Å²) in [4.78, 5) is 25.6. The molecular formula is C38H46F3N5O4. The van der Waals surface area contributed by atoms with Gasteiger partial charge >= 0.3 is 5.97 Å². The highest BCUT2D eigenvalue weighted by molar-refractivity contribution is 6.00. The van der Waals surface area contributed by atoms with Crippen molar-refractivity contribution in [2.75, 3.05) is 33.4 Å². The first-order chi connectivity index (χ1) is 23.9. The van der Waals surface area contributed by atoms with Crippen LogP contribution in [0.2, 0.25) is 0 Å². The zero-order valence-corrected chi connectivity index (χ0v) is 29.2. The molecular weight excluding hydrogens is 647 g/mol. The number of carboxylic acid groups (broad SMARTS) is 1. The van der Waals surface area contributed by atoms with Gasteiger partial charge in [-0.1, -0.05) is 36.5 Å². The minimum absolute atomic E-state index is 0.00586. The van der Waals surface area contributed by atoms with Gasteiger partial charge in [-0.2, -0.15) is 5.26 Å². The number of hydroxylamine groups is 1. The summed E-state index contributed by atoms with van der Waals surface area (Å²) in [7, 11) is 1.92. The van der Waals surface area contributed by atoms with Gasteiger partial charge in [0.2, 0.25) is 0 Å². The molecule has 2 aliphatic heterocycles. The maximum Gasteiger partial charge on any atom is 0.310 e. The van der Waals surface area contributed by atoms with Crippen LogP contribution in [0.25, 0.3) is 0 Å². The molecule has 0 amide bonds. The smallest absolute Gasteiger partial charge is 0.310 e. The first-order valence-electron chi connectivity index (χ1n) is 16.8. The van der Waals surface area contributed by atoms with E-state index >= 15 is 4.39 Å². The van der Waals surface area contributed by atoms with Gasteiger partial charge in [0, 0.05) is 50.7 Å². The van der Waals surface area contributed by atoms with E-state index < -0.39 is 41.5 Å². The van der Waals surface area contributed by atoms with E-state index in [-0.39, 0.29) is 36.7 Å². The molecule has 12 heteroatoms. The number of hydrogen-bond donors (Lipinski definition) is 2. The van der Waals surface area contributed by atoms with Crippen molar-refractivity contribution >= 4 is 11.7 Å². The van der Waals surface area contributed by atoms with Crippen molar-refractivity contribution in [2.45, 2.75) is 59.0 Å². The van der Waals surface area contributed by atoms with Gasteiger partial charge in [0.15, 0.2) is 0 Å². The predicted octanol–water partition coefficient (Wildman–Crippen LogP) is 6.93. The van der Waals surface area contributed by atoms with Crippen LogP contribution >= 0.6 is 0 Å². The molecule has 0 aromatic rings. The highest BCUT2D eigenvalue weighted by atomic mass is 19.1. The molecule has 2 heterocycles. The van der Waals surface area contributed by atoms with Crippen LogP contribution in [0.4, 0.5) is 13.2 Å². The van der Waals surface area contributed by atoms with Crippen LogP contribution in [0.3, 0.4) is 0 Å². The summed E-state index contributed by atoms with van der Waals surface area (Å²) < 4.78 is 50.8. The van der Waals surface area contributed by atoms with Gasteiger partial charge in [-0.25, -0.2) is 18.7 Å². The van der Waals surface area contributed by atoms with E-state index in [1.165, 1.54) is 19.1 Å². The third-order valence-corrected chi connectivity index (χ3v) is 9.14. The molecule has 0 radical (unpaired) electrons. The molecule has 2 N–H and O–H groups in total. The maximum atomic E-state index is 16.1. The standard InChI is InChI=1S/C38H46F3N5O4/c1-6-8-34(44-35(25(3)39)23-50-43-21-30-13-12-27(20-42)17-32(30)40)29-10-7-9-28(33(41)18-29)19-37-45(5)36(14-11-24(2)38(47)48)26(4)46(37)22-31-15-16-49-31/h6-14,17-18,24,29-32,37,43H,15-16,19,21-23H2,1-5H3,(H,47,48)/b8-6-,14-11-,35-25+,44-34+. The molecule has 0 spiro atoms. The van der Waals surface area contributed by atoms with E-state index in [0.29, 0.717) is 30.9 Å². The fourth-order valence-electron chi connectivity index (χ4n) is 5.91. The molecule has 0 bridgehead atoms. The predicted molar refractivity (Wildman–Crippen MR) is 187 cm³/mol. The van der Waals surface area contributed by atoms with E-state index in [0.717, 1.165) is 17.8 Å². The number of nitrogens with zero attached hydrogens (tertiary/aromatic N) is 4. The Morgan fingerprint density at radius 1 is 1.34 bits per heavy atom. The van der Waals surface area contributed by atoms with Crippen molar-refractivity contribution in [3.63, 3.8) is 0 Å². The normalized spacial score (nSPS) is 26.8. The van der Waals surface area contributed by atoms with Crippen LogP contribution in [-0.4, -0.2) is 78.4 Å². The zero-order valence-electron chi connectivity index (χ0n) is 29.2. The summed E-state index contributed by atoms with van der Waals surface area (Å²) in [6, 6.07) is 1.91. The summed E-state index contributed by atoms with van der Waals surface area (Å²) in [5, 5.41) is 18.3. The summed E-state index contributed by atoms with van der Waals surface area (Å²) in [5.41, 5.74) is 5.60. The Morgan fingerprint density at radius 2 is 2.10 bits per heavy atom.